The summed E-state index contributed by atoms with van der Waals surface area (Å²) in [6, 6.07) is 27.0. The minimum atomic E-state index is -2.59. The van der Waals surface area contributed by atoms with Gasteiger partial charge in [0.2, 0.25) is 0 Å². The van der Waals surface area contributed by atoms with Crippen LogP contribution in [0.3, 0.4) is 0 Å². The maximum atomic E-state index is 13.4. The summed E-state index contributed by atoms with van der Waals surface area (Å²) in [6.45, 7) is 21.8. The molecule has 4 aromatic rings. The third-order valence-corrected chi connectivity index (χ3v) is 21.4. The molecule has 1 N–H and O–H groups in total. The molecule has 0 saturated carbocycles. The first-order chi connectivity index (χ1) is 26.1. The Bertz CT molecular complexity index is 1990. The minimum absolute atomic E-state index is 0.0638. The van der Waals surface area contributed by atoms with Gasteiger partial charge in [-0.25, -0.2) is 4.79 Å². The third kappa shape index (κ3) is 8.67. The summed E-state index contributed by atoms with van der Waals surface area (Å²) in [7, 11) is -1.76. The molecule has 1 aliphatic heterocycles. The molecule has 0 amide bonds. The Morgan fingerprint density at radius 3 is 1.70 bits per heavy atom. The average Bonchev–Trinajstić information content (AvgIpc) is 3.40. The van der Waals surface area contributed by atoms with Crippen molar-refractivity contribution in [1.82, 2.24) is 9.55 Å². The number of rotatable bonds is 14. The standard InChI is InChI=1S/C43H59ClN2O8Si2/c1-40(2,3)55(9,10)52-29-42(37(54-56(11,12)41(4,5)6)36(44)38(53-42)46-27-26-35(47)45-39(46)48)28-51-43(30-16-14-13-15-17-30,31-18-22-33(49-7)23-19-31)32-20-24-34(50-8)25-21-32/h13-27,36-38H,28-29H2,1-12H3,(H,45,47,48)/t36-,37-,38+,42+/m0/s1. The zero-order valence-electron chi connectivity index (χ0n) is 34.9. The molecule has 0 unspecified atom stereocenters. The molecule has 0 aliphatic carbocycles. The van der Waals surface area contributed by atoms with Gasteiger partial charge in [0.1, 0.15) is 28.1 Å². The second kappa shape index (κ2) is 16.4. The van der Waals surface area contributed by atoms with Gasteiger partial charge < -0.3 is 27.8 Å². The van der Waals surface area contributed by atoms with Crippen LogP contribution in [-0.2, 0) is 23.9 Å². The number of H-pyrrole nitrogens is 1. The summed E-state index contributed by atoms with van der Waals surface area (Å²) in [5, 5.41) is -1.23. The molecule has 56 heavy (non-hydrogen) atoms. The van der Waals surface area contributed by atoms with Gasteiger partial charge in [0.25, 0.3) is 5.56 Å². The van der Waals surface area contributed by atoms with Crippen LogP contribution in [0.2, 0.25) is 36.3 Å². The van der Waals surface area contributed by atoms with E-state index in [0.29, 0.717) is 11.5 Å². The fraction of sp³-hybridized carbons (Fsp3) is 0.488. The fourth-order valence-electron chi connectivity index (χ4n) is 6.41. The predicted octanol–water partition coefficient (Wildman–Crippen LogP) is 8.85. The molecule has 13 heteroatoms. The molecule has 5 rings (SSSR count). The first-order valence-corrected chi connectivity index (χ1v) is 25.3. The first kappa shape index (κ1) is 43.6. The number of benzene rings is 3. The Balaban J connectivity index is 1.78. The van der Waals surface area contributed by atoms with E-state index in [-0.39, 0.29) is 23.3 Å². The molecule has 304 valence electrons. The summed E-state index contributed by atoms with van der Waals surface area (Å²) in [4.78, 5) is 28.0. The van der Waals surface area contributed by atoms with E-state index < -0.39 is 56.8 Å². The Morgan fingerprint density at radius 2 is 1.23 bits per heavy atom. The van der Waals surface area contributed by atoms with Crippen molar-refractivity contribution in [2.24, 2.45) is 0 Å². The highest BCUT2D eigenvalue weighted by Crippen LogP contribution is 2.50. The van der Waals surface area contributed by atoms with Crippen molar-refractivity contribution >= 4 is 28.2 Å². The van der Waals surface area contributed by atoms with E-state index in [9.17, 15) is 9.59 Å². The molecular formula is C43H59ClN2O8Si2. The van der Waals surface area contributed by atoms with Gasteiger partial charge in [-0.2, -0.15) is 0 Å². The van der Waals surface area contributed by atoms with Crippen molar-refractivity contribution in [2.45, 2.75) is 107 Å². The van der Waals surface area contributed by atoms with Crippen LogP contribution in [0.5, 0.6) is 11.5 Å². The van der Waals surface area contributed by atoms with Crippen molar-refractivity contribution in [3.8, 4) is 11.5 Å². The Hall–Kier alpha value is -3.50. The van der Waals surface area contributed by atoms with Crippen LogP contribution in [0, 0.1) is 0 Å². The van der Waals surface area contributed by atoms with Crippen molar-refractivity contribution in [3.05, 3.63) is 129 Å². The van der Waals surface area contributed by atoms with Crippen molar-refractivity contribution in [3.63, 3.8) is 0 Å². The summed E-state index contributed by atoms with van der Waals surface area (Å²) in [6.07, 6.45) is -0.423. The molecule has 0 spiro atoms. The zero-order valence-corrected chi connectivity index (χ0v) is 37.7. The van der Waals surface area contributed by atoms with E-state index in [1.807, 2.05) is 78.9 Å². The maximum absolute atomic E-state index is 13.4. The monoisotopic (exact) mass is 822 g/mol. The number of ether oxygens (including phenoxy) is 4. The average molecular weight is 824 g/mol. The number of nitrogens with zero attached hydrogens (tertiary/aromatic N) is 1. The van der Waals surface area contributed by atoms with Crippen LogP contribution < -0.4 is 20.7 Å². The van der Waals surface area contributed by atoms with Crippen molar-refractivity contribution < 1.29 is 27.8 Å². The Labute approximate surface area is 338 Å². The fourth-order valence-corrected chi connectivity index (χ4v) is 9.34. The van der Waals surface area contributed by atoms with Gasteiger partial charge in [0, 0.05) is 12.3 Å². The summed E-state index contributed by atoms with van der Waals surface area (Å²) in [5.41, 5.74) is -1.17. The van der Waals surface area contributed by atoms with E-state index in [0.717, 1.165) is 16.7 Å². The molecule has 4 atom stereocenters. The van der Waals surface area contributed by atoms with Gasteiger partial charge in [0.15, 0.2) is 22.9 Å². The van der Waals surface area contributed by atoms with Crippen molar-refractivity contribution in [2.75, 3.05) is 27.4 Å². The molecule has 1 saturated heterocycles. The Morgan fingerprint density at radius 1 is 0.732 bits per heavy atom. The van der Waals surface area contributed by atoms with Gasteiger partial charge in [-0.05, 0) is 77.2 Å². The molecule has 0 bridgehead atoms. The second-order valence-corrected chi connectivity index (χ2v) is 27.7. The van der Waals surface area contributed by atoms with E-state index in [4.69, 9.17) is 39.4 Å². The SMILES string of the molecule is COc1ccc(C(OC[C@]2(CO[Si](C)(C)C(C)(C)C)O[C@@H](n3ccc(=O)[nH]c3=O)[C@@H](Cl)[C@@H]2O[Si](C)(C)C(C)(C)C)(c2ccccc2)c2ccc(OC)cc2)cc1. The number of nitrogens with one attached hydrogen (secondary N) is 1. The smallest absolute Gasteiger partial charge is 0.330 e. The van der Waals surface area contributed by atoms with Gasteiger partial charge in [0.05, 0.1) is 33.5 Å². The third-order valence-electron chi connectivity index (χ3n) is 12.0. The van der Waals surface area contributed by atoms with E-state index in [2.05, 4.69) is 72.7 Å². The molecule has 0 radical (unpaired) electrons. The summed E-state index contributed by atoms with van der Waals surface area (Å²) < 4.78 is 41.6. The number of methoxy groups -OCH3 is 2. The van der Waals surface area contributed by atoms with E-state index >= 15 is 0 Å². The number of aromatic amines is 1. The quantitative estimate of drug-likeness (QED) is 0.0764. The molecular weight excluding hydrogens is 764 g/mol. The molecule has 3 aromatic carbocycles. The van der Waals surface area contributed by atoms with Crippen LogP contribution in [0.15, 0.2) is 101 Å². The minimum Gasteiger partial charge on any atom is -0.497 e. The van der Waals surface area contributed by atoms with E-state index in [1.54, 1.807) is 14.2 Å². The zero-order chi connectivity index (χ0) is 41.3. The number of hydrogen-bond donors (Lipinski definition) is 1. The van der Waals surface area contributed by atoms with Crippen LogP contribution in [-0.4, -0.2) is 70.7 Å². The topological polar surface area (TPSA) is 110 Å². The second-order valence-electron chi connectivity index (χ2n) is 17.7. The summed E-state index contributed by atoms with van der Waals surface area (Å²) >= 11 is 7.53. The number of alkyl halides is 1. The molecule has 10 nitrogen and oxygen atoms in total. The first-order valence-electron chi connectivity index (χ1n) is 19.0. The van der Waals surface area contributed by atoms with Crippen LogP contribution >= 0.6 is 11.6 Å². The number of hydrogen-bond acceptors (Lipinski definition) is 8. The maximum Gasteiger partial charge on any atom is 0.330 e. The lowest BCUT2D eigenvalue weighted by atomic mass is 9.79. The molecule has 2 heterocycles. The highest BCUT2D eigenvalue weighted by molar-refractivity contribution is 6.74. The predicted molar refractivity (Wildman–Crippen MR) is 227 cm³/mol. The Kier molecular flexibility index (Phi) is 12.8. The van der Waals surface area contributed by atoms with E-state index in [1.165, 1.54) is 16.8 Å². The van der Waals surface area contributed by atoms with Gasteiger partial charge in [-0.3, -0.25) is 14.3 Å². The van der Waals surface area contributed by atoms with Gasteiger partial charge in [-0.1, -0.05) is 96.1 Å². The van der Waals surface area contributed by atoms with Gasteiger partial charge >= 0.3 is 5.69 Å². The van der Waals surface area contributed by atoms with Gasteiger partial charge in [-0.15, -0.1) is 11.6 Å². The van der Waals surface area contributed by atoms with Crippen LogP contribution in [0.25, 0.3) is 0 Å². The highest BCUT2D eigenvalue weighted by atomic mass is 35.5. The highest BCUT2D eigenvalue weighted by Gasteiger charge is 2.61. The normalized spacial score (nSPS) is 20.9. The lowest BCUT2D eigenvalue weighted by Crippen LogP contribution is -2.59. The largest absolute Gasteiger partial charge is 0.497 e. The number of halogens is 1. The number of aromatic nitrogens is 2. The molecule has 1 aromatic heterocycles. The molecule has 1 fully saturated rings. The van der Waals surface area contributed by atoms with Crippen LogP contribution in [0.4, 0.5) is 0 Å². The molecule has 1 aliphatic rings. The van der Waals surface area contributed by atoms with Crippen LogP contribution in [0.1, 0.15) is 64.5 Å². The lowest BCUT2D eigenvalue weighted by Gasteiger charge is -2.46. The van der Waals surface area contributed by atoms with Crippen molar-refractivity contribution in [1.29, 1.82) is 0 Å². The lowest BCUT2D eigenvalue weighted by molar-refractivity contribution is -0.173. The summed E-state index contributed by atoms with van der Waals surface area (Å²) in [5.74, 6) is 1.40.